The number of aromatic hydroxyl groups is 1. The van der Waals surface area contributed by atoms with Gasteiger partial charge in [-0.3, -0.25) is 4.79 Å². The number of ketones is 1. The van der Waals surface area contributed by atoms with Crippen LogP contribution in [0.15, 0.2) is 42.5 Å². The Morgan fingerprint density at radius 2 is 1.92 bits per heavy atom. The van der Waals surface area contributed by atoms with Crippen LogP contribution < -0.4 is 9.47 Å². The summed E-state index contributed by atoms with van der Waals surface area (Å²) in [4.78, 5) is 12.6. The molecule has 0 spiro atoms. The van der Waals surface area contributed by atoms with Crippen LogP contribution in [0.2, 0.25) is 0 Å². The number of phenols is 1. The quantitative estimate of drug-likeness (QED) is 0.851. The van der Waals surface area contributed by atoms with Gasteiger partial charge < -0.3 is 14.6 Å². The number of fused-ring (bicyclic) bond motifs is 2. The molecule has 4 rings (SSSR count). The van der Waals surface area contributed by atoms with Crippen molar-refractivity contribution in [3.8, 4) is 17.2 Å². The largest absolute Gasteiger partial charge is 0.506 e. The van der Waals surface area contributed by atoms with E-state index < -0.39 is 5.60 Å². The summed E-state index contributed by atoms with van der Waals surface area (Å²) in [5.41, 5.74) is 1.25. The van der Waals surface area contributed by atoms with Gasteiger partial charge in [-0.05, 0) is 31.6 Å². The van der Waals surface area contributed by atoms with Crippen molar-refractivity contribution in [1.82, 2.24) is 0 Å². The molecule has 2 aromatic rings. The van der Waals surface area contributed by atoms with Crippen LogP contribution in [-0.4, -0.2) is 16.5 Å². The minimum atomic E-state index is -0.467. The number of phenolic OH excluding ortho intramolecular Hbond substituents is 1. The highest BCUT2D eigenvalue weighted by atomic mass is 16.5. The van der Waals surface area contributed by atoms with Gasteiger partial charge in [0, 0.05) is 6.07 Å². The van der Waals surface area contributed by atoms with E-state index in [4.69, 9.17) is 9.47 Å². The normalized spacial score (nSPS) is 20.6. The van der Waals surface area contributed by atoms with E-state index >= 15 is 0 Å². The Balaban J connectivity index is 1.79. The van der Waals surface area contributed by atoms with Gasteiger partial charge in [0.2, 0.25) is 0 Å². The number of carbonyl (C=O) groups excluding carboxylic acids is 1. The minimum Gasteiger partial charge on any atom is -0.506 e. The number of rotatable bonds is 1. The van der Waals surface area contributed by atoms with Crippen LogP contribution in [0.1, 0.15) is 47.9 Å². The predicted molar refractivity (Wildman–Crippen MR) is 90.6 cm³/mol. The maximum Gasteiger partial charge on any atom is 0.174 e. The summed E-state index contributed by atoms with van der Waals surface area (Å²) in [6, 6.07) is 11.3. The summed E-state index contributed by atoms with van der Waals surface area (Å²) >= 11 is 0. The van der Waals surface area contributed by atoms with Crippen LogP contribution in [0, 0.1) is 0 Å². The molecule has 1 atom stereocenters. The number of hydrogen-bond donors (Lipinski definition) is 1. The first-order valence-electron chi connectivity index (χ1n) is 7.97. The lowest BCUT2D eigenvalue weighted by Crippen LogP contribution is -2.28. The van der Waals surface area contributed by atoms with Crippen LogP contribution in [0.3, 0.4) is 0 Å². The zero-order valence-electron chi connectivity index (χ0n) is 13.6. The van der Waals surface area contributed by atoms with Crippen molar-refractivity contribution in [2.75, 3.05) is 0 Å². The summed E-state index contributed by atoms with van der Waals surface area (Å²) in [5.74, 6) is 0.720. The fraction of sp³-hybridized carbons (Fsp3) is 0.250. The van der Waals surface area contributed by atoms with Gasteiger partial charge in [-0.2, -0.15) is 0 Å². The minimum absolute atomic E-state index is 0.0641. The van der Waals surface area contributed by atoms with Gasteiger partial charge in [0.15, 0.2) is 5.78 Å². The second-order valence-corrected chi connectivity index (χ2v) is 6.69. The van der Waals surface area contributed by atoms with Crippen LogP contribution in [-0.2, 0) is 0 Å². The van der Waals surface area contributed by atoms with Crippen LogP contribution >= 0.6 is 0 Å². The molecule has 2 heterocycles. The van der Waals surface area contributed by atoms with E-state index in [2.05, 4.69) is 0 Å². The van der Waals surface area contributed by atoms with Gasteiger partial charge >= 0.3 is 0 Å². The Hall–Kier alpha value is -2.75. The van der Waals surface area contributed by atoms with Crippen LogP contribution in [0.4, 0.5) is 0 Å². The lowest BCUT2D eigenvalue weighted by Gasteiger charge is -2.31. The third-order valence-electron chi connectivity index (χ3n) is 4.38. The van der Waals surface area contributed by atoms with Crippen molar-refractivity contribution >= 4 is 11.9 Å². The second-order valence-electron chi connectivity index (χ2n) is 6.69. The number of ether oxygens (including phenoxy) is 2. The van der Waals surface area contributed by atoms with Crippen molar-refractivity contribution in [3.63, 3.8) is 0 Å². The van der Waals surface area contributed by atoms with E-state index in [1.807, 2.05) is 50.3 Å². The molecule has 122 valence electrons. The molecule has 4 heteroatoms. The molecule has 0 saturated heterocycles. The van der Waals surface area contributed by atoms with Crippen LogP contribution in [0.25, 0.3) is 6.08 Å². The van der Waals surface area contributed by atoms with Crippen molar-refractivity contribution in [2.45, 2.75) is 32.0 Å². The smallest absolute Gasteiger partial charge is 0.174 e. The fourth-order valence-corrected chi connectivity index (χ4v) is 3.17. The monoisotopic (exact) mass is 322 g/mol. The maximum absolute atomic E-state index is 12.6. The summed E-state index contributed by atoms with van der Waals surface area (Å²) in [7, 11) is 0. The molecule has 0 aliphatic carbocycles. The molecule has 24 heavy (non-hydrogen) atoms. The Morgan fingerprint density at radius 1 is 1.17 bits per heavy atom. The molecule has 1 N–H and O–H groups in total. The summed E-state index contributed by atoms with van der Waals surface area (Å²) < 4.78 is 11.9. The SMILES string of the molecule is CC1(C)C=Cc2c(cc3c(c2O)C(=O)C[C@@H](c2ccccc2)O3)O1. The van der Waals surface area contributed by atoms with Crippen molar-refractivity contribution in [1.29, 1.82) is 0 Å². The molecule has 0 aromatic heterocycles. The molecule has 0 unspecified atom stereocenters. The lowest BCUT2D eigenvalue weighted by molar-refractivity contribution is 0.0842. The number of Topliss-reactive ketones (excluding diaryl/α,β-unsaturated/α-hetero) is 1. The summed E-state index contributed by atoms with van der Waals surface area (Å²) in [5, 5.41) is 10.5. The molecule has 0 radical (unpaired) electrons. The summed E-state index contributed by atoms with van der Waals surface area (Å²) in [6.07, 6.45) is 3.52. The molecule has 0 saturated carbocycles. The van der Waals surface area contributed by atoms with E-state index in [9.17, 15) is 9.90 Å². The van der Waals surface area contributed by atoms with Crippen molar-refractivity contribution in [2.24, 2.45) is 0 Å². The molecule has 0 fully saturated rings. The highest BCUT2D eigenvalue weighted by Gasteiger charge is 2.34. The van der Waals surface area contributed by atoms with Gasteiger partial charge in [0.05, 0.1) is 12.0 Å². The highest BCUT2D eigenvalue weighted by Crippen LogP contribution is 2.47. The molecular formula is C20H18O4. The number of hydrogen-bond acceptors (Lipinski definition) is 4. The van der Waals surface area contributed by atoms with E-state index in [0.29, 0.717) is 17.1 Å². The van der Waals surface area contributed by atoms with E-state index in [0.717, 1.165) is 5.56 Å². The van der Waals surface area contributed by atoms with Crippen LogP contribution in [0.5, 0.6) is 17.2 Å². The Bertz CT molecular complexity index is 850. The molecule has 2 aliphatic rings. The van der Waals surface area contributed by atoms with E-state index in [1.165, 1.54) is 0 Å². The molecule has 0 amide bonds. The molecule has 4 nitrogen and oxygen atoms in total. The fourth-order valence-electron chi connectivity index (χ4n) is 3.17. The first-order valence-corrected chi connectivity index (χ1v) is 7.97. The molecular weight excluding hydrogens is 304 g/mol. The second kappa shape index (κ2) is 5.13. The highest BCUT2D eigenvalue weighted by molar-refractivity contribution is 6.04. The average molecular weight is 322 g/mol. The van der Waals surface area contributed by atoms with Crippen molar-refractivity contribution in [3.05, 3.63) is 59.2 Å². The zero-order valence-corrected chi connectivity index (χ0v) is 13.6. The third kappa shape index (κ3) is 2.35. The third-order valence-corrected chi connectivity index (χ3v) is 4.38. The Labute approximate surface area is 140 Å². The standard InChI is InChI=1S/C20H18O4/c1-20(2)9-8-13-16(24-20)11-17-18(19(13)22)14(21)10-15(23-17)12-6-4-3-5-7-12/h3-9,11,15,22H,10H2,1-2H3/t15-/m0/s1. The summed E-state index contributed by atoms with van der Waals surface area (Å²) in [6.45, 7) is 3.86. The lowest BCUT2D eigenvalue weighted by atomic mass is 9.92. The van der Waals surface area contributed by atoms with Gasteiger partial charge in [-0.15, -0.1) is 0 Å². The van der Waals surface area contributed by atoms with Crippen molar-refractivity contribution < 1.29 is 19.4 Å². The Morgan fingerprint density at radius 3 is 2.67 bits per heavy atom. The molecule has 2 aromatic carbocycles. The molecule has 0 bridgehead atoms. The maximum atomic E-state index is 12.6. The average Bonchev–Trinajstić information content (AvgIpc) is 2.54. The first-order chi connectivity index (χ1) is 11.4. The predicted octanol–water partition coefficient (Wildman–Crippen LogP) is 4.28. The molecule has 2 aliphatic heterocycles. The topological polar surface area (TPSA) is 55.8 Å². The van der Waals surface area contributed by atoms with Gasteiger partial charge in [0.1, 0.15) is 34.5 Å². The number of carbonyl (C=O) groups is 1. The zero-order chi connectivity index (χ0) is 16.9. The van der Waals surface area contributed by atoms with Gasteiger partial charge in [-0.25, -0.2) is 0 Å². The van der Waals surface area contributed by atoms with E-state index in [-0.39, 0.29) is 29.6 Å². The number of benzene rings is 2. The Kier molecular flexibility index (Phi) is 3.17. The first kappa shape index (κ1) is 14.8. The van der Waals surface area contributed by atoms with Gasteiger partial charge in [-0.1, -0.05) is 30.3 Å². The van der Waals surface area contributed by atoms with E-state index in [1.54, 1.807) is 12.1 Å². The van der Waals surface area contributed by atoms with Gasteiger partial charge in [0.25, 0.3) is 0 Å².